The first-order valence-corrected chi connectivity index (χ1v) is 4.23. The lowest BCUT2D eigenvalue weighted by atomic mass is 10.4. The molecule has 0 radical (unpaired) electrons. The Kier molecular flexibility index (Phi) is 3.68. The maximum atomic E-state index is 11.2. The molecule has 0 aromatic carbocycles. The molecule has 1 aromatic rings. The fourth-order valence-corrected chi connectivity index (χ4v) is 1.02. The van der Waals surface area contributed by atoms with Crippen LogP contribution < -0.4 is 4.57 Å². The van der Waals surface area contributed by atoms with Crippen LogP contribution in [0.1, 0.15) is 0 Å². The number of hydrogen-bond acceptors (Lipinski definition) is 4. The van der Waals surface area contributed by atoms with E-state index in [0.717, 1.165) is 0 Å². The van der Waals surface area contributed by atoms with Gasteiger partial charge in [0.15, 0.2) is 12.4 Å². The Hall–Kier alpha value is -2.04. The SMILES string of the molecule is COC(=O)/C(OC)=C(\O)[n+]1ccccc1. The largest absolute Gasteiger partial charge is 0.483 e. The Morgan fingerprint density at radius 1 is 1.13 bits per heavy atom. The van der Waals surface area contributed by atoms with Crippen LogP contribution in [0.3, 0.4) is 0 Å². The number of aliphatic hydroxyl groups is 1. The monoisotopic (exact) mass is 210 g/mol. The van der Waals surface area contributed by atoms with Crippen LogP contribution in [0.15, 0.2) is 36.4 Å². The lowest BCUT2D eigenvalue weighted by Crippen LogP contribution is -2.33. The maximum Gasteiger partial charge on any atom is 0.422 e. The van der Waals surface area contributed by atoms with E-state index in [1.165, 1.54) is 18.8 Å². The summed E-state index contributed by atoms with van der Waals surface area (Å²) >= 11 is 0. The van der Waals surface area contributed by atoms with Crippen molar-refractivity contribution in [3.8, 4) is 0 Å². The first-order valence-electron chi connectivity index (χ1n) is 4.23. The molecule has 1 N–H and O–H groups in total. The minimum Gasteiger partial charge on any atom is -0.483 e. The van der Waals surface area contributed by atoms with Crippen LogP contribution in [-0.2, 0) is 14.3 Å². The number of nitrogens with zero attached hydrogens (tertiary/aromatic N) is 1. The van der Waals surface area contributed by atoms with Crippen LogP contribution >= 0.6 is 0 Å². The molecule has 0 atom stereocenters. The third kappa shape index (κ3) is 2.46. The van der Waals surface area contributed by atoms with Gasteiger partial charge in [-0.3, -0.25) is 0 Å². The molecule has 0 aliphatic carbocycles. The smallest absolute Gasteiger partial charge is 0.422 e. The Bertz CT molecular complexity index is 372. The zero-order chi connectivity index (χ0) is 11.3. The Morgan fingerprint density at radius 2 is 1.73 bits per heavy atom. The minimum atomic E-state index is -0.730. The number of carbonyl (C=O) groups excluding carboxylic acids is 1. The summed E-state index contributed by atoms with van der Waals surface area (Å²) in [5, 5.41) is 9.70. The molecule has 0 unspecified atom stereocenters. The highest BCUT2D eigenvalue weighted by molar-refractivity contribution is 5.89. The second-order valence-corrected chi connectivity index (χ2v) is 2.63. The number of aliphatic hydroxyl groups excluding tert-OH is 1. The summed E-state index contributed by atoms with van der Waals surface area (Å²) in [5.41, 5.74) is 0. The van der Waals surface area contributed by atoms with E-state index in [9.17, 15) is 9.90 Å². The number of methoxy groups -OCH3 is 2. The number of hydrogen-bond donors (Lipinski definition) is 1. The van der Waals surface area contributed by atoms with Gasteiger partial charge in [-0.05, 0) is 0 Å². The average Bonchev–Trinajstić information content (AvgIpc) is 2.30. The highest BCUT2D eigenvalue weighted by Crippen LogP contribution is 2.03. The van der Waals surface area contributed by atoms with Crippen molar-refractivity contribution in [3.05, 3.63) is 36.4 Å². The maximum absolute atomic E-state index is 11.2. The van der Waals surface area contributed by atoms with Gasteiger partial charge in [-0.1, -0.05) is 6.07 Å². The summed E-state index contributed by atoms with van der Waals surface area (Å²) in [6.07, 6.45) is 3.16. The van der Waals surface area contributed by atoms with Crippen molar-refractivity contribution in [1.82, 2.24) is 0 Å². The number of aromatic nitrogens is 1. The fourth-order valence-electron chi connectivity index (χ4n) is 1.02. The van der Waals surface area contributed by atoms with E-state index in [0.29, 0.717) is 0 Å². The van der Waals surface area contributed by atoms with E-state index in [1.54, 1.807) is 30.6 Å². The van der Waals surface area contributed by atoms with Crippen LogP contribution in [0.25, 0.3) is 5.88 Å². The molecule has 80 valence electrons. The molecule has 1 heterocycles. The lowest BCUT2D eigenvalue weighted by molar-refractivity contribution is -0.601. The first-order chi connectivity index (χ1) is 7.20. The molecule has 1 rings (SSSR count). The van der Waals surface area contributed by atoms with E-state index in [2.05, 4.69) is 4.74 Å². The Balaban J connectivity index is 3.12. The molecule has 0 bridgehead atoms. The highest BCUT2D eigenvalue weighted by Gasteiger charge is 2.24. The fraction of sp³-hybridized carbons (Fsp3) is 0.200. The first kappa shape index (κ1) is 11.0. The number of carbonyl (C=O) groups is 1. The molecular weight excluding hydrogens is 198 g/mol. The van der Waals surface area contributed by atoms with Gasteiger partial charge >= 0.3 is 17.6 Å². The van der Waals surface area contributed by atoms with Crippen LogP contribution in [0.2, 0.25) is 0 Å². The molecule has 0 spiro atoms. The molecule has 1 aromatic heterocycles. The summed E-state index contributed by atoms with van der Waals surface area (Å²) in [5.74, 6) is -1.29. The standard InChI is InChI=1S/C10H11NO4/c1-14-8(10(13)15-2)9(12)11-6-4-3-5-7-11/h3-7H,1-2H3/p+1. The molecule has 15 heavy (non-hydrogen) atoms. The molecule has 5 heteroatoms. The van der Waals surface area contributed by atoms with Gasteiger partial charge < -0.3 is 14.6 Å². The number of esters is 1. The van der Waals surface area contributed by atoms with Gasteiger partial charge in [-0.25, -0.2) is 4.79 Å². The van der Waals surface area contributed by atoms with Crippen molar-refractivity contribution in [2.24, 2.45) is 0 Å². The zero-order valence-electron chi connectivity index (χ0n) is 8.51. The number of rotatable bonds is 3. The van der Waals surface area contributed by atoms with E-state index in [-0.39, 0.29) is 11.6 Å². The van der Waals surface area contributed by atoms with Gasteiger partial charge in [0.1, 0.15) is 0 Å². The Morgan fingerprint density at radius 3 is 2.20 bits per heavy atom. The van der Waals surface area contributed by atoms with E-state index in [1.807, 2.05) is 0 Å². The predicted octanol–water partition coefficient (Wildman–Crippen LogP) is 0.478. The van der Waals surface area contributed by atoms with Crippen molar-refractivity contribution in [3.63, 3.8) is 0 Å². The van der Waals surface area contributed by atoms with E-state index in [4.69, 9.17) is 4.74 Å². The molecule has 0 saturated carbocycles. The molecular formula is C10H12NO4+. The van der Waals surface area contributed by atoms with Gasteiger partial charge in [0.25, 0.3) is 0 Å². The average molecular weight is 210 g/mol. The topological polar surface area (TPSA) is 59.6 Å². The predicted molar refractivity (Wildman–Crippen MR) is 51.5 cm³/mol. The Labute approximate surface area is 87.2 Å². The van der Waals surface area contributed by atoms with Crippen molar-refractivity contribution in [2.45, 2.75) is 0 Å². The van der Waals surface area contributed by atoms with Gasteiger partial charge in [0.05, 0.1) is 14.2 Å². The third-order valence-corrected chi connectivity index (χ3v) is 1.74. The van der Waals surface area contributed by atoms with Crippen LogP contribution in [0.4, 0.5) is 0 Å². The van der Waals surface area contributed by atoms with Crippen LogP contribution in [-0.4, -0.2) is 25.3 Å². The number of pyridine rings is 1. The third-order valence-electron chi connectivity index (χ3n) is 1.74. The molecule has 0 aliphatic rings. The zero-order valence-corrected chi connectivity index (χ0v) is 8.51. The summed E-state index contributed by atoms with van der Waals surface area (Å²) in [6, 6.07) is 5.20. The molecule has 0 aliphatic heterocycles. The highest BCUT2D eigenvalue weighted by atomic mass is 16.6. The van der Waals surface area contributed by atoms with Crippen molar-refractivity contribution in [2.75, 3.05) is 14.2 Å². The molecule has 0 amide bonds. The normalized spacial score (nSPS) is 11.6. The number of ether oxygens (including phenoxy) is 2. The minimum absolute atomic E-state index is 0.242. The second-order valence-electron chi connectivity index (χ2n) is 2.63. The summed E-state index contributed by atoms with van der Waals surface area (Å²) in [6.45, 7) is 0. The van der Waals surface area contributed by atoms with Crippen molar-refractivity contribution < 1.29 is 23.9 Å². The van der Waals surface area contributed by atoms with E-state index < -0.39 is 5.97 Å². The second kappa shape index (κ2) is 4.99. The molecule has 0 fully saturated rings. The van der Waals surface area contributed by atoms with Gasteiger partial charge in [-0.15, -0.1) is 4.57 Å². The van der Waals surface area contributed by atoms with Crippen molar-refractivity contribution >= 4 is 11.9 Å². The van der Waals surface area contributed by atoms with Gasteiger partial charge in [-0.2, -0.15) is 0 Å². The summed E-state index contributed by atoms with van der Waals surface area (Å²) in [7, 11) is 2.50. The summed E-state index contributed by atoms with van der Waals surface area (Å²) in [4.78, 5) is 11.2. The van der Waals surface area contributed by atoms with Gasteiger partial charge in [0.2, 0.25) is 0 Å². The molecule has 5 nitrogen and oxygen atoms in total. The van der Waals surface area contributed by atoms with Crippen molar-refractivity contribution in [1.29, 1.82) is 0 Å². The summed E-state index contributed by atoms with van der Waals surface area (Å²) < 4.78 is 10.5. The molecule has 0 saturated heterocycles. The quantitative estimate of drug-likeness (QED) is 0.341. The van der Waals surface area contributed by atoms with Gasteiger partial charge in [0, 0.05) is 12.1 Å². The lowest BCUT2D eigenvalue weighted by Gasteiger charge is -2.02. The van der Waals surface area contributed by atoms with Crippen LogP contribution in [0, 0.1) is 0 Å². The van der Waals surface area contributed by atoms with Crippen LogP contribution in [0.5, 0.6) is 0 Å². The van der Waals surface area contributed by atoms with E-state index >= 15 is 0 Å².